The molecule has 1 heterocycles. The monoisotopic (exact) mass is 281 g/mol. The van der Waals surface area contributed by atoms with Gasteiger partial charge in [0, 0.05) is 0 Å². The number of rotatable bonds is 5. The Labute approximate surface area is 124 Å². The van der Waals surface area contributed by atoms with Crippen LogP contribution in [0.15, 0.2) is 42.5 Å². The summed E-state index contributed by atoms with van der Waals surface area (Å²) >= 11 is 0. The molecule has 0 saturated heterocycles. The maximum Gasteiger partial charge on any atom is 0.173 e. The van der Waals surface area contributed by atoms with Crippen LogP contribution in [0.25, 0.3) is 16.5 Å². The van der Waals surface area contributed by atoms with E-state index in [-0.39, 0.29) is 6.04 Å². The Morgan fingerprint density at radius 1 is 1.14 bits per heavy atom. The Balaban J connectivity index is 1.97. The average molecular weight is 281 g/mol. The first-order valence-corrected chi connectivity index (χ1v) is 7.30. The van der Waals surface area contributed by atoms with E-state index in [2.05, 4.69) is 65.0 Å². The fourth-order valence-corrected chi connectivity index (χ4v) is 2.41. The van der Waals surface area contributed by atoms with Crippen LogP contribution in [-0.4, -0.2) is 26.8 Å². The molecule has 3 aromatic rings. The molecule has 5 nitrogen and oxygen atoms in total. The van der Waals surface area contributed by atoms with E-state index in [1.807, 2.05) is 12.1 Å². The lowest BCUT2D eigenvalue weighted by atomic mass is 10.1. The van der Waals surface area contributed by atoms with Crippen molar-refractivity contribution in [2.24, 2.45) is 0 Å². The van der Waals surface area contributed by atoms with Crippen LogP contribution in [0.3, 0.4) is 0 Å². The Morgan fingerprint density at radius 2 is 1.95 bits per heavy atom. The van der Waals surface area contributed by atoms with Gasteiger partial charge in [-0.05, 0) is 53.2 Å². The van der Waals surface area contributed by atoms with Gasteiger partial charge in [-0.2, -0.15) is 4.68 Å². The van der Waals surface area contributed by atoms with Crippen LogP contribution in [0.1, 0.15) is 32.1 Å². The largest absolute Gasteiger partial charge is 0.307 e. The van der Waals surface area contributed by atoms with E-state index >= 15 is 0 Å². The third kappa shape index (κ3) is 2.78. The maximum absolute atomic E-state index is 4.16. The summed E-state index contributed by atoms with van der Waals surface area (Å²) in [6.45, 7) is 5.18. The molecule has 0 bridgehead atoms. The van der Waals surface area contributed by atoms with Gasteiger partial charge < -0.3 is 5.32 Å². The summed E-state index contributed by atoms with van der Waals surface area (Å²) in [6.07, 6.45) is 1.09. The van der Waals surface area contributed by atoms with E-state index in [1.165, 1.54) is 10.8 Å². The second-order valence-corrected chi connectivity index (χ2v) is 5.16. The van der Waals surface area contributed by atoms with Crippen LogP contribution < -0.4 is 5.32 Å². The molecule has 0 fully saturated rings. The summed E-state index contributed by atoms with van der Waals surface area (Å²) < 4.78 is 1.81. The predicted molar refractivity (Wildman–Crippen MR) is 83.4 cm³/mol. The fraction of sp³-hybridized carbons (Fsp3) is 0.312. The maximum atomic E-state index is 4.16. The number of aromatic nitrogens is 4. The van der Waals surface area contributed by atoms with Crippen molar-refractivity contribution >= 4 is 10.8 Å². The van der Waals surface area contributed by atoms with Crippen LogP contribution in [-0.2, 0) is 0 Å². The first-order chi connectivity index (χ1) is 10.3. The Hall–Kier alpha value is -2.27. The van der Waals surface area contributed by atoms with Crippen LogP contribution in [0, 0.1) is 0 Å². The summed E-state index contributed by atoms with van der Waals surface area (Å²) in [7, 11) is 0. The van der Waals surface area contributed by atoms with Gasteiger partial charge in [0.05, 0.1) is 11.7 Å². The molecule has 0 amide bonds. The normalized spacial score (nSPS) is 12.7. The molecule has 3 rings (SSSR count). The fourth-order valence-electron chi connectivity index (χ4n) is 2.41. The summed E-state index contributed by atoms with van der Waals surface area (Å²) in [5.74, 6) is 0.832. The molecule has 2 aromatic carbocycles. The molecule has 1 atom stereocenters. The first-order valence-electron chi connectivity index (χ1n) is 7.30. The number of hydrogen-bond donors (Lipinski definition) is 1. The molecule has 1 N–H and O–H groups in total. The zero-order valence-corrected chi connectivity index (χ0v) is 12.3. The van der Waals surface area contributed by atoms with Crippen molar-refractivity contribution in [3.63, 3.8) is 0 Å². The van der Waals surface area contributed by atoms with Crippen LogP contribution in [0.2, 0.25) is 0 Å². The molecule has 0 aliphatic carbocycles. The number of benzene rings is 2. The van der Waals surface area contributed by atoms with E-state index in [0.29, 0.717) is 0 Å². The second-order valence-electron chi connectivity index (χ2n) is 5.16. The molecule has 108 valence electrons. The van der Waals surface area contributed by atoms with Gasteiger partial charge in [-0.15, -0.1) is 5.10 Å². The topological polar surface area (TPSA) is 55.6 Å². The van der Waals surface area contributed by atoms with Crippen molar-refractivity contribution in [2.75, 3.05) is 6.54 Å². The zero-order valence-electron chi connectivity index (χ0n) is 12.3. The second kappa shape index (κ2) is 6.01. The van der Waals surface area contributed by atoms with Crippen molar-refractivity contribution in [1.82, 2.24) is 25.5 Å². The van der Waals surface area contributed by atoms with Gasteiger partial charge in [0.25, 0.3) is 0 Å². The zero-order chi connectivity index (χ0) is 14.7. The molecule has 0 spiro atoms. The highest BCUT2D eigenvalue weighted by molar-refractivity contribution is 5.84. The summed E-state index contributed by atoms with van der Waals surface area (Å²) in [6, 6.07) is 14.7. The highest BCUT2D eigenvalue weighted by Gasteiger charge is 2.15. The van der Waals surface area contributed by atoms with Crippen molar-refractivity contribution in [1.29, 1.82) is 0 Å². The van der Waals surface area contributed by atoms with E-state index in [9.17, 15) is 0 Å². The molecule has 5 heteroatoms. The molecule has 0 aliphatic rings. The van der Waals surface area contributed by atoms with Gasteiger partial charge in [0.2, 0.25) is 0 Å². The van der Waals surface area contributed by atoms with Gasteiger partial charge in [-0.3, -0.25) is 0 Å². The van der Waals surface area contributed by atoms with E-state index in [4.69, 9.17) is 0 Å². The SMILES string of the molecule is CCCNC(C)c1nnnn1-c1ccc2ccccc2c1. The number of tetrazole rings is 1. The van der Waals surface area contributed by atoms with Gasteiger partial charge in [0.15, 0.2) is 5.82 Å². The van der Waals surface area contributed by atoms with Gasteiger partial charge in [0.1, 0.15) is 0 Å². The number of hydrogen-bond acceptors (Lipinski definition) is 4. The van der Waals surface area contributed by atoms with Gasteiger partial charge >= 0.3 is 0 Å². The molecule has 1 unspecified atom stereocenters. The van der Waals surface area contributed by atoms with E-state index in [1.54, 1.807) is 4.68 Å². The Bertz CT molecular complexity index is 734. The van der Waals surface area contributed by atoms with Crippen LogP contribution in [0.5, 0.6) is 0 Å². The lowest BCUT2D eigenvalue weighted by molar-refractivity contribution is 0.531. The molecule has 0 aliphatic heterocycles. The minimum absolute atomic E-state index is 0.117. The van der Waals surface area contributed by atoms with Crippen LogP contribution >= 0.6 is 0 Å². The highest BCUT2D eigenvalue weighted by Crippen LogP contribution is 2.20. The summed E-state index contributed by atoms with van der Waals surface area (Å²) in [5, 5.41) is 18.0. The van der Waals surface area contributed by atoms with Crippen molar-refractivity contribution in [3.05, 3.63) is 48.3 Å². The molecule has 21 heavy (non-hydrogen) atoms. The number of nitrogens with one attached hydrogen (secondary N) is 1. The summed E-state index contributed by atoms with van der Waals surface area (Å²) in [5.41, 5.74) is 0.985. The smallest absolute Gasteiger partial charge is 0.173 e. The summed E-state index contributed by atoms with van der Waals surface area (Å²) in [4.78, 5) is 0. The lowest BCUT2D eigenvalue weighted by Gasteiger charge is -2.13. The number of fused-ring (bicyclic) bond motifs is 1. The average Bonchev–Trinajstić information content (AvgIpc) is 3.01. The highest BCUT2D eigenvalue weighted by atomic mass is 15.5. The van der Waals surface area contributed by atoms with E-state index in [0.717, 1.165) is 24.5 Å². The van der Waals surface area contributed by atoms with Crippen LogP contribution in [0.4, 0.5) is 0 Å². The predicted octanol–water partition coefficient (Wildman–Crippen LogP) is 2.88. The Kier molecular flexibility index (Phi) is 3.92. The third-order valence-corrected chi connectivity index (χ3v) is 3.56. The van der Waals surface area contributed by atoms with E-state index < -0.39 is 0 Å². The van der Waals surface area contributed by atoms with Gasteiger partial charge in [-0.1, -0.05) is 37.3 Å². The molecule has 0 radical (unpaired) electrons. The van der Waals surface area contributed by atoms with Gasteiger partial charge in [-0.25, -0.2) is 0 Å². The van der Waals surface area contributed by atoms with Crippen molar-refractivity contribution in [3.8, 4) is 5.69 Å². The number of nitrogens with zero attached hydrogens (tertiary/aromatic N) is 4. The minimum Gasteiger partial charge on any atom is -0.307 e. The lowest BCUT2D eigenvalue weighted by Crippen LogP contribution is -2.22. The third-order valence-electron chi connectivity index (χ3n) is 3.56. The molecular formula is C16H19N5. The van der Waals surface area contributed by atoms with Crippen molar-refractivity contribution < 1.29 is 0 Å². The quantitative estimate of drug-likeness (QED) is 0.781. The standard InChI is InChI=1S/C16H19N5/c1-3-10-17-12(2)16-18-19-20-21(16)15-9-8-13-6-4-5-7-14(13)11-15/h4-9,11-12,17H,3,10H2,1-2H3. The molecule has 0 saturated carbocycles. The Morgan fingerprint density at radius 3 is 2.76 bits per heavy atom. The first kappa shape index (κ1) is 13.7. The molecular weight excluding hydrogens is 262 g/mol. The minimum atomic E-state index is 0.117. The molecule has 1 aromatic heterocycles. The van der Waals surface area contributed by atoms with Crippen molar-refractivity contribution in [2.45, 2.75) is 26.3 Å².